The van der Waals surface area contributed by atoms with Crippen LogP contribution < -0.4 is 15.2 Å². The van der Waals surface area contributed by atoms with Gasteiger partial charge in [0.15, 0.2) is 0 Å². The minimum Gasteiger partial charge on any atom is -0.550 e. The molecule has 0 bridgehead atoms. The molecule has 1 N–H and O–H groups in total. The van der Waals surface area contributed by atoms with E-state index in [-0.39, 0.29) is 24.9 Å². The van der Waals surface area contributed by atoms with Gasteiger partial charge in [-0.25, -0.2) is 0 Å². The molecule has 0 aromatic heterocycles. The summed E-state index contributed by atoms with van der Waals surface area (Å²) in [7, 11) is 0. The van der Waals surface area contributed by atoms with E-state index in [0.29, 0.717) is 16.3 Å². The molecule has 5 nitrogen and oxygen atoms in total. The molecule has 0 aliphatic heterocycles. The molecule has 1 amide bonds. The third-order valence-corrected chi connectivity index (χ3v) is 3.89. The number of carbonyl (C=O) groups excluding carboxylic acids is 2. The molecule has 0 saturated heterocycles. The van der Waals surface area contributed by atoms with Crippen LogP contribution >= 0.6 is 11.6 Å². The van der Waals surface area contributed by atoms with Crippen molar-refractivity contribution in [3.05, 3.63) is 64.7 Å². The first-order valence-electron chi connectivity index (χ1n) is 8.33. The number of amides is 1. The predicted octanol–water partition coefficient (Wildman–Crippen LogP) is 2.67. The SMILES string of the molecule is CC(C)Oc1ccc(C(CC(=O)[O-])NC(=O)Cc2ccc(Cl)cc2)cc1. The first-order valence-corrected chi connectivity index (χ1v) is 8.71. The lowest BCUT2D eigenvalue weighted by atomic mass is 10.0. The molecular weight excluding hydrogens is 354 g/mol. The minimum absolute atomic E-state index is 0.0407. The summed E-state index contributed by atoms with van der Waals surface area (Å²) in [5.74, 6) is -0.825. The van der Waals surface area contributed by atoms with Crippen molar-refractivity contribution in [1.29, 1.82) is 0 Å². The average molecular weight is 375 g/mol. The Bertz CT molecular complexity index is 741. The van der Waals surface area contributed by atoms with Crippen molar-refractivity contribution in [3.8, 4) is 5.75 Å². The molecule has 0 heterocycles. The number of carbonyl (C=O) groups is 2. The smallest absolute Gasteiger partial charge is 0.224 e. The number of ether oxygens (including phenoxy) is 1. The van der Waals surface area contributed by atoms with Crippen LogP contribution in [0.5, 0.6) is 5.75 Å². The van der Waals surface area contributed by atoms with Crippen LogP contribution in [-0.4, -0.2) is 18.0 Å². The molecule has 1 unspecified atom stereocenters. The molecule has 26 heavy (non-hydrogen) atoms. The zero-order chi connectivity index (χ0) is 19.1. The van der Waals surface area contributed by atoms with E-state index in [9.17, 15) is 14.7 Å². The summed E-state index contributed by atoms with van der Waals surface area (Å²) in [6, 6.07) is 13.2. The van der Waals surface area contributed by atoms with Crippen molar-refractivity contribution in [2.24, 2.45) is 0 Å². The lowest BCUT2D eigenvalue weighted by molar-refractivity contribution is -0.306. The molecule has 0 radical (unpaired) electrons. The second-order valence-electron chi connectivity index (χ2n) is 6.24. The first-order chi connectivity index (χ1) is 12.3. The summed E-state index contributed by atoms with van der Waals surface area (Å²) in [6.07, 6.45) is -0.134. The molecule has 0 fully saturated rings. The normalized spacial score (nSPS) is 11.8. The van der Waals surface area contributed by atoms with Crippen LogP contribution in [0, 0.1) is 0 Å². The Hall–Kier alpha value is -2.53. The van der Waals surface area contributed by atoms with Crippen molar-refractivity contribution in [1.82, 2.24) is 5.32 Å². The molecule has 2 aromatic carbocycles. The fraction of sp³-hybridized carbons (Fsp3) is 0.300. The van der Waals surface area contributed by atoms with E-state index in [0.717, 1.165) is 5.56 Å². The van der Waals surface area contributed by atoms with Gasteiger partial charge in [-0.05, 0) is 49.2 Å². The van der Waals surface area contributed by atoms with Crippen LogP contribution in [0.25, 0.3) is 0 Å². The number of nitrogens with one attached hydrogen (secondary N) is 1. The Labute approximate surface area is 157 Å². The van der Waals surface area contributed by atoms with Gasteiger partial charge in [0.2, 0.25) is 5.91 Å². The summed E-state index contributed by atoms with van der Waals surface area (Å²) in [6.45, 7) is 3.84. The highest BCUT2D eigenvalue weighted by Gasteiger charge is 2.16. The molecular formula is C20H21ClNO4-. The summed E-state index contributed by atoms with van der Waals surface area (Å²) >= 11 is 5.83. The Morgan fingerprint density at radius 1 is 1.08 bits per heavy atom. The Kier molecular flexibility index (Phi) is 7.04. The molecule has 1 atom stereocenters. The second kappa shape index (κ2) is 9.25. The van der Waals surface area contributed by atoms with Crippen molar-refractivity contribution in [2.75, 3.05) is 0 Å². The number of carboxylic acids is 1. The van der Waals surface area contributed by atoms with Crippen LogP contribution in [0.3, 0.4) is 0 Å². The summed E-state index contributed by atoms with van der Waals surface area (Å²) in [4.78, 5) is 23.4. The van der Waals surface area contributed by atoms with Gasteiger partial charge in [-0.1, -0.05) is 35.9 Å². The Morgan fingerprint density at radius 2 is 1.69 bits per heavy atom. The van der Waals surface area contributed by atoms with Gasteiger partial charge >= 0.3 is 0 Å². The van der Waals surface area contributed by atoms with Crippen molar-refractivity contribution in [2.45, 2.75) is 38.8 Å². The van der Waals surface area contributed by atoms with Crippen molar-refractivity contribution in [3.63, 3.8) is 0 Å². The zero-order valence-electron chi connectivity index (χ0n) is 14.7. The fourth-order valence-electron chi connectivity index (χ4n) is 2.50. The molecule has 6 heteroatoms. The lowest BCUT2D eigenvalue weighted by Crippen LogP contribution is -2.35. The minimum atomic E-state index is -1.23. The van der Waals surface area contributed by atoms with Gasteiger partial charge in [0.05, 0.1) is 18.6 Å². The Balaban J connectivity index is 2.07. The molecule has 2 rings (SSSR count). The highest BCUT2D eigenvalue weighted by molar-refractivity contribution is 6.30. The van der Waals surface area contributed by atoms with Gasteiger partial charge in [-0.3, -0.25) is 4.79 Å². The van der Waals surface area contributed by atoms with Gasteiger partial charge in [0.1, 0.15) is 5.75 Å². The van der Waals surface area contributed by atoms with Crippen LogP contribution in [0.2, 0.25) is 5.02 Å². The quantitative estimate of drug-likeness (QED) is 0.770. The zero-order valence-corrected chi connectivity index (χ0v) is 15.5. The van der Waals surface area contributed by atoms with Crippen LogP contribution in [0.4, 0.5) is 0 Å². The fourth-order valence-corrected chi connectivity index (χ4v) is 2.63. The largest absolute Gasteiger partial charge is 0.550 e. The summed E-state index contributed by atoms with van der Waals surface area (Å²) in [5, 5.41) is 14.4. The van der Waals surface area contributed by atoms with E-state index in [1.165, 1.54) is 0 Å². The second-order valence-corrected chi connectivity index (χ2v) is 6.67. The number of benzene rings is 2. The lowest BCUT2D eigenvalue weighted by Gasteiger charge is -2.20. The van der Waals surface area contributed by atoms with Gasteiger partial charge in [0.25, 0.3) is 0 Å². The van der Waals surface area contributed by atoms with Crippen LogP contribution in [-0.2, 0) is 16.0 Å². The monoisotopic (exact) mass is 374 g/mol. The highest BCUT2D eigenvalue weighted by Crippen LogP contribution is 2.21. The van der Waals surface area contributed by atoms with Gasteiger partial charge in [-0.2, -0.15) is 0 Å². The van der Waals surface area contributed by atoms with Crippen molar-refractivity contribution >= 4 is 23.5 Å². The van der Waals surface area contributed by atoms with E-state index in [1.54, 1.807) is 48.5 Å². The summed E-state index contributed by atoms with van der Waals surface area (Å²) in [5.41, 5.74) is 1.47. The number of hydrogen-bond donors (Lipinski definition) is 1. The van der Waals surface area contributed by atoms with Gasteiger partial charge in [0, 0.05) is 17.4 Å². The number of aliphatic carboxylic acids is 1. The third kappa shape index (κ3) is 6.41. The maximum atomic E-state index is 12.3. The number of hydrogen-bond acceptors (Lipinski definition) is 4. The van der Waals surface area contributed by atoms with Crippen molar-refractivity contribution < 1.29 is 19.4 Å². The average Bonchev–Trinajstić information content (AvgIpc) is 2.56. The van der Waals surface area contributed by atoms with E-state index in [4.69, 9.17) is 16.3 Å². The number of rotatable bonds is 8. The standard InChI is InChI=1S/C20H22ClNO4/c1-13(2)26-17-9-5-15(6-10-17)18(12-20(24)25)22-19(23)11-14-3-7-16(21)8-4-14/h3-10,13,18H,11-12H2,1-2H3,(H,22,23)(H,24,25)/p-1. The molecule has 138 valence electrons. The number of carboxylic acid groups (broad SMARTS) is 1. The molecule has 0 aliphatic rings. The maximum Gasteiger partial charge on any atom is 0.224 e. The van der Waals surface area contributed by atoms with Gasteiger partial charge < -0.3 is 20.0 Å². The third-order valence-electron chi connectivity index (χ3n) is 3.64. The molecule has 0 aliphatic carbocycles. The topological polar surface area (TPSA) is 78.5 Å². The van der Waals surface area contributed by atoms with E-state index < -0.39 is 12.0 Å². The number of halogens is 1. The molecule has 0 spiro atoms. The van der Waals surface area contributed by atoms with Crippen LogP contribution in [0.1, 0.15) is 37.4 Å². The van der Waals surface area contributed by atoms with E-state index in [1.807, 2.05) is 13.8 Å². The molecule has 0 saturated carbocycles. The van der Waals surface area contributed by atoms with Crippen LogP contribution in [0.15, 0.2) is 48.5 Å². The van der Waals surface area contributed by atoms with E-state index in [2.05, 4.69) is 5.32 Å². The molecule has 2 aromatic rings. The van der Waals surface area contributed by atoms with E-state index >= 15 is 0 Å². The van der Waals surface area contributed by atoms with Gasteiger partial charge in [-0.15, -0.1) is 0 Å². The maximum absolute atomic E-state index is 12.3. The predicted molar refractivity (Wildman–Crippen MR) is 97.9 cm³/mol. The Morgan fingerprint density at radius 3 is 2.23 bits per heavy atom. The highest BCUT2D eigenvalue weighted by atomic mass is 35.5. The summed E-state index contributed by atoms with van der Waals surface area (Å²) < 4.78 is 5.57. The first kappa shape index (κ1) is 19.8.